The van der Waals surface area contributed by atoms with Gasteiger partial charge in [-0.15, -0.1) is 11.3 Å². The van der Waals surface area contributed by atoms with E-state index in [2.05, 4.69) is 20.5 Å². The van der Waals surface area contributed by atoms with E-state index in [9.17, 15) is 9.59 Å². The normalized spacial score (nSPS) is 25.4. The van der Waals surface area contributed by atoms with Crippen molar-refractivity contribution in [3.8, 4) is 0 Å². The van der Waals surface area contributed by atoms with Gasteiger partial charge in [0.2, 0.25) is 5.91 Å². The fourth-order valence-electron chi connectivity index (χ4n) is 3.24. The molecule has 2 unspecified atom stereocenters. The van der Waals surface area contributed by atoms with Crippen LogP contribution in [0.1, 0.15) is 43.1 Å². The number of aromatic nitrogens is 1. The molecule has 3 rings (SSSR count). The van der Waals surface area contributed by atoms with Crippen LogP contribution in [0.4, 0.5) is 5.13 Å². The summed E-state index contributed by atoms with van der Waals surface area (Å²) in [6.07, 6.45) is 4.69. The molecule has 2 atom stereocenters. The molecule has 2 amide bonds. The average molecular weight is 308 g/mol. The number of anilines is 1. The molecule has 1 aromatic rings. The highest BCUT2D eigenvalue weighted by Crippen LogP contribution is 2.27. The van der Waals surface area contributed by atoms with E-state index in [0.717, 1.165) is 19.5 Å². The van der Waals surface area contributed by atoms with Crippen LogP contribution in [-0.4, -0.2) is 46.9 Å². The number of hydrogen-bond acceptors (Lipinski definition) is 5. The van der Waals surface area contributed by atoms with Crippen LogP contribution in [0.25, 0.3) is 0 Å². The number of carbonyl (C=O) groups is 2. The molecule has 6 nitrogen and oxygen atoms in total. The van der Waals surface area contributed by atoms with Crippen molar-refractivity contribution in [2.45, 2.75) is 44.7 Å². The smallest absolute Gasteiger partial charge is 0.271 e. The third kappa shape index (κ3) is 3.24. The summed E-state index contributed by atoms with van der Waals surface area (Å²) < 4.78 is 0. The molecule has 0 bridgehead atoms. The number of nitrogens with one attached hydrogen (secondary N) is 2. The zero-order chi connectivity index (χ0) is 14.8. The second kappa shape index (κ2) is 6.11. The number of hydrogen-bond donors (Lipinski definition) is 2. The van der Waals surface area contributed by atoms with Crippen LogP contribution in [0.15, 0.2) is 5.38 Å². The van der Waals surface area contributed by atoms with Gasteiger partial charge in [-0.25, -0.2) is 4.98 Å². The number of piperidine rings is 1. The summed E-state index contributed by atoms with van der Waals surface area (Å²) in [5.74, 6) is -0.315. The maximum atomic E-state index is 12.3. The molecule has 0 radical (unpaired) electrons. The fourth-order valence-corrected chi connectivity index (χ4v) is 3.98. The van der Waals surface area contributed by atoms with Gasteiger partial charge in [-0.05, 0) is 25.8 Å². The molecule has 0 aromatic carbocycles. The van der Waals surface area contributed by atoms with Gasteiger partial charge in [0.05, 0.1) is 0 Å². The number of fused-ring (bicyclic) bond motifs is 1. The molecule has 114 valence electrons. The Morgan fingerprint density at radius 3 is 3.00 bits per heavy atom. The quantitative estimate of drug-likeness (QED) is 0.886. The van der Waals surface area contributed by atoms with E-state index < -0.39 is 0 Å². The first-order valence-electron chi connectivity index (χ1n) is 7.41. The first kappa shape index (κ1) is 14.5. The van der Waals surface area contributed by atoms with Crippen molar-refractivity contribution >= 4 is 28.3 Å². The topological polar surface area (TPSA) is 74.3 Å². The fraction of sp³-hybridized carbons (Fsp3) is 0.643. The van der Waals surface area contributed by atoms with Gasteiger partial charge in [0.25, 0.3) is 5.91 Å². The molecule has 21 heavy (non-hydrogen) atoms. The first-order chi connectivity index (χ1) is 10.1. The van der Waals surface area contributed by atoms with Crippen LogP contribution >= 0.6 is 11.3 Å². The van der Waals surface area contributed by atoms with Gasteiger partial charge in [-0.1, -0.05) is 6.42 Å². The molecular weight excluding hydrogens is 288 g/mol. The van der Waals surface area contributed by atoms with Crippen molar-refractivity contribution in [3.05, 3.63) is 11.1 Å². The Balaban J connectivity index is 1.61. The molecule has 0 saturated carbocycles. The summed E-state index contributed by atoms with van der Waals surface area (Å²) in [7, 11) is 0. The van der Waals surface area contributed by atoms with E-state index in [-0.39, 0.29) is 17.9 Å². The lowest BCUT2D eigenvalue weighted by atomic mass is 9.99. The van der Waals surface area contributed by atoms with Crippen molar-refractivity contribution in [1.29, 1.82) is 0 Å². The highest BCUT2D eigenvalue weighted by Gasteiger charge is 2.36. The molecule has 2 saturated heterocycles. The average Bonchev–Trinajstić information content (AvgIpc) is 3.06. The van der Waals surface area contributed by atoms with E-state index in [1.165, 1.54) is 37.5 Å². The molecule has 0 spiro atoms. The van der Waals surface area contributed by atoms with E-state index >= 15 is 0 Å². The van der Waals surface area contributed by atoms with Crippen LogP contribution in [0.5, 0.6) is 0 Å². The van der Waals surface area contributed by atoms with E-state index in [1.807, 2.05) is 0 Å². The monoisotopic (exact) mass is 308 g/mol. The second-order valence-corrected chi connectivity index (χ2v) is 6.54. The van der Waals surface area contributed by atoms with E-state index in [4.69, 9.17) is 0 Å². The lowest BCUT2D eigenvalue weighted by Crippen LogP contribution is -2.46. The summed E-state index contributed by atoms with van der Waals surface area (Å²) in [4.78, 5) is 29.9. The lowest BCUT2D eigenvalue weighted by Gasteiger charge is -2.32. The zero-order valence-electron chi connectivity index (χ0n) is 12.1. The van der Waals surface area contributed by atoms with Gasteiger partial charge in [-0.3, -0.25) is 14.5 Å². The molecule has 7 heteroatoms. The number of carbonyl (C=O) groups excluding carboxylic acids is 2. The molecular formula is C14H20N4O2S. The van der Waals surface area contributed by atoms with Crippen LogP contribution < -0.4 is 10.6 Å². The summed E-state index contributed by atoms with van der Waals surface area (Å²) in [6.45, 7) is 3.65. The predicted octanol–water partition coefficient (Wildman–Crippen LogP) is 1.46. The van der Waals surface area contributed by atoms with Crippen molar-refractivity contribution in [2.75, 3.05) is 18.4 Å². The number of rotatable bonds is 3. The zero-order valence-corrected chi connectivity index (χ0v) is 12.9. The van der Waals surface area contributed by atoms with Crippen molar-refractivity contribution in [1.82, 2.24) is 15.2 Å². The first-order valence-corrected chi connectivity index (χ1v) is 8.29. The van der Waals surface area contributed by atoms with Crippen LogP contribution in [0, 0.1) is 0 Å². The Morgan fingerprint density at radius 2 is 2.19 bits per heavy atom. The van der Waals surface area contributed by atoms with Crippen LogP contribution in [0.3, 0.4) is 0 Å². The predicted molar refractivity (Wildman–Crippen MR) is 81.5 cm³/mol. The Hall–Kier alpha value is -1.47. The summed E-state index contributed by atoms with van der Waals surface area (Å²) in [5, 5.41) is 7.87. The highest BCUT2D eigenvalue weighted by atomic mass is 32.1. The summed E-state index contributed by atoms with van der Waals surface area (Å²) in [6, 6.07) is 0.708. The molecule has 2 N–H and O–H groups in total. The van der Waals surface area contributed by atoms with E-state index in [1.54, 1.807) is 5.38 Å². The summed E-state index contributed by atoms with van der Waals surface area (Å²) >= 11 is 1.27. The third-order valence-electron chi connectivity index (χ3n) is 4.19. The Kier molecular flexibility index (Phi) is 4.21. The number of nitrogens with zero attached hydrogens (tertiary/aromatic N) is 2. The maximum Gasteiger partial charge on any atom is 0.271 e. The van der Waals surface area contributed by atoms with Crippen molar-refractivity contribution in [2.24, 2.45) is 0 Å². The molecule has 2 fully saturated rings. The number of thiazole rings is 1. The van der Waals surface area contributed by atoms with Gasteiger partial charge < -0.3 is 10.6 Å². The van der Waals surface area contributed by atoms with Gasteiger partial charge in [0.15, 0.2) is 5.13 Å². The minimum atomic E-state index is -0.176. The van der Waals surface area contributed by atoms with Crippen molar-refractivity contribution in [3.63, 3.8) is 0 Å². The Bertz CT molecular complexity index is 545. The van der Waals surface area contributed by atoms with Gasteiger partial charge in [0, 0.05) is 30.9 Å². The Morgan fingerprint density at radius 1 is 1.33 bits per heavy atom. The lowest BCUT2D eigenvalue weighted by molar-refractivity contribution is -0.114. The minimum Gasteiger partial charge on any atom is -0.346 e. The van der Waals surface area contributed by atoms with Gasteiger partial charge in [-0.2, -0.15) is 0 Å². The SMILES string of the molecule is CC(=O)Nc1nc(C(=O)NC2CCN3CCCCC23)cs1. The molecule has 0 aliphatic carbocycles. The Labute approximate surface area is 127 Å². The molecule has 2 aliphatic rings. The molecule has 3 heterocycles. The highest BCUT2D eigenvalue weighted by molar-refractivity contribution is 7.14. The van der Waals surface area contributed by atoms with Crippen molar-refractivity contribution < 1.29 is 9.59 Å². The number of amides is 2. The van der Waals surface area contributed by atoms with Gasteiger partial charge in [0.1, 0.15) is 5.69 Å². The van der Waals surface area contributed by atoms with Crippen LogP contribution in [-0.2, 0) is 4.79 Å². The third-order valence-corrected chi connectivity index (χ3v) is 4.95. The standard InChI is InChI=1S/C14H20N4O2S/c1-9(19)15-14-17-11(8-21-14)13(20)16-10-5-7-18-6-3-2-4-12(10)18/h8,10,12H,2-7H2,1H3,(H,16,20)(H,15,17,19). The maximum absolute atomic E-state index is 12.3. The minimum absolute atomic E-state index is 0.139. The largest absolute Gasteiger partial charge is 0.346 e. The summed E-state index contributed by atoms with van der Waals surface area (Å²) in [5.41, 5.74) is 0.387. The molecule has 2 aliphatic heterocycles. The van der Waals surface area contributed by atoms with Gasteiger partial charge >= 0.3 is 0 Å². The van der Waals surface area contributed by atoms with Crippen LogP contribution in [0.2, 0.25) is 0 Å². The second-order valence-electron chi connectivity index (χ2n) is 5.69. The molecule has 1 aromatic heterocycles. The van der Waals surface area contributed by atoms with E-state index in [0.29, 0.717) is 16.9 Å².